The smallest absolute Gasteiger partial charge is 0.307 e. The highest BCUT2D eigenvalue weighted by molar-refractivity contribution is 5.87. The average molecular weight is 407 g/mol. The molecule has 29 heavy (non-hydrogen) atoms. The van der Waals surface area contributed by atoms with Crippen molar-refractivity contribution in [2.24, 2.45) is 5.92 Å². The predicted molar refractivity (Wildman–Crippen MR) is 111 cm³/mol. The van der Waals surface area contributed by atoms with Crippen LogP contribution in [0.4, 0.5) is 0 Å². The molecule has 0 radical (unpaired) electrons. The number of unbranched alkanes of at least 4 members (excludes halogenated alkanes) is 2. The molecule has 1 aromatic rings. The van der Waals surface area contributed by atoms with Gasteiger partial charge in [0.1, 0.15) is 11.4 Å². The van der Waals surface area contributed by atoms with Crippen molar-refractivity contribution in [3.63, 3.8) is 0 Å². The fourth-order valence-corrected chi connectivity index (χ4v) is 2.69. The number of esters is 1. The van der Waals surface area contributed by atoms with Gasteiger partial charge in [-0.1, -0.05) is 31.0 Å². The zero-order valence-electron chi connectivity index (χ0n) is 18.0. The van der Waals surface area contributed by atoms with Crippen LogP contribution >= 0.6 is 0 Å². The predicted octanol–water partition coefficient (Wildman–Crippen LogP) is 2.84. The van der Waals surface area contributed by atoms with Gasteiger partial charge in [0.15, 0.2) is 0 Å². The Kier molecular flexibility index (Phi) is 10.8. The normalized spacial score (nSPS) is 12.0. The van der Waals surface area contributed by atoms with Crippen LogP contribution in [-0.4, -0.2) is 43.6 Å². The van der Waals surface area contributed by atoms with Crippen molar-refractivity contribution >= 4 is 17.8 Å². The van der Waals surface area contributed by atoms with E-state index in [0.717, 1.165) is 25.0 Å². The minimum absolute atomic E-state index is 0.00262. The number of benzene rings is 1. The molecule has 0 unspecified atom stereocenters. The van der Waals surface area contributed by atoms with Crippen LogP contribution in [0.3, 0.4) is 0 Å². The lowest BCUT2D eigenvalue weighted by Crippen LogP contribution is -2.39. The number of para-hydroxylation sites is 1. The van der Waals surface area contributed by atoms with Gasteiger partial charge < -0.3 is 20.1 Å². The summed E-state index contributed by atoms with van der Waals surface area (Å²) >= 11 is 0. The van der Waals surface area contributed by atoms with Gasteiger partial charge in [0.2, 0.25) is 11.8 Å². The van der Waals surface area contributed by atoms with E-state index in [0.29, 0.717) is 13.0 Å². The molecule has 7 nitrogen and oxygen atoms in total. The van der Waals surface area contributed by atoms with Gasteiger partial charge in [-0.05, 0) is 45.7 Å². The Bertz CT molecular complexity index is 640. The number of likely N-dealkylation sites (N-methyl/N-ethyl adjacent to an activating group) is 1. The molecular weight excluding hydrogens is 372 g/mol. The Morgan fingerprint density at radius 2 is 1.72 bits per heavy atom. The summed E-state index contributed by atoms with van der Waals surface area (Å²) in [5.74, 6) is -0.689. The van der Waals surface area contributed by atoms with Gasteiger partial charge in [0.05, 0.1) is 19.6 Å². The molecule has 0 saturated heterocycles. The number of carbonyl (C=O) groups is 3. The van der Waals surface area contributed by atoms with E-state index in [2.05, 4.69) is 10.6 Å². The Balaban J connectivity index is 2.44. The second kappa shape index (κ2) is 12.8. The molecule has 0 aliphatic rings. The fraction of sp³-hybridized carbons (Fsp3) is 0.591. The lowest BCUT2D eigenvalue weighted by molar-refractivity contribution is -0.157. The van der Waals surface area contributed by atoms with E-state index in [9.17, 15) is 14.4 Å². The highest BCUT2D eigenvalue weighted by Gasteiger charge is 2.25. The third-order valence-electron chi connectivity index (χ3n) is 4.11. The topological polar surface area (TPSA) is 93.7 Å². The Morgan fingerprint density at radius 3 is 2.34 bits per heavy atom. The number of hydrogen-bond donors (Lipinski definition) is 2. The number of amides is 2. The highest BCUT2D eigenvalue weighted by Crippen LogP contribution is 2.18. The Labute approximate surface area is 173 Å². The van der Waals surface area contributed by atoms with Crippen molar-refractivity contribution in [2.75, 3.05) is 20.2 Å². The first kappa shape index (κ1) is 24.5. The molecule has 0 bridgehead atoms. The number of hydrogen-bond acceptors (Lipinski definition) is 5. The summed E-state index contributed by atoms with van der Waals surface area (Å²) in [6.07, 6.45) is 3.05. The zero-order valence-corrected chi connectivity index (χ0v) is 18.0. The molecule has 1 rings (SSSR count). The Morgan fingerprint density at radius 1 is 1.03 bits per heavy atom. The van der Waals surface area contributed by atoms with Crippen molar-refractivity contribution in [3.8, 4) is 5.75 Å². The van der Waals surface area contributed by atoms with Crippen LogP contribution < -0.4 is 15.4 Å². The van der Waals surface area contributed by atoms with E-state index >= 15 is 0 Å². The standard InChI is InChI=1S/C22H34N2O5/c1-22(2,3)29-20(26)15-17(21(27)24-16-19(25)23-4)11-7-6-10-14-28-18-12-8-5-9-13-18/h5,8-9,12-13,17H,6-7,10-11,14-16H2,1-4H3,(H,23,25)(H,24,27)/t17-/m1/s1. The molecule has 2 amide bonds. The van der Waals surface area contributed by atoms with Gasteiger partial charge in [-0.3, -0.25) is 14.4 Å². The summed E-state index contributed by atoms with van der Waals surface area (Å²) in [5, 5.41) is 5.04. The molecule has 1 aromatic carbocycles. The van der Waals surface area contributed by atoms with Crippen LogP contribution in [0.1, 0.15) is 52.9 Å². The van der Waals surface area contributed by atoms with E-state index in [1.807, 2.05) is 30.3 Å². The second-order valence-electron chi connectivity index (χ2n) is 7.89. The van der Waals surface area contributed by atoms with Crippen LogP contribution in [0, 0.1) is 5.92 Å². The maximum absolute atomic E-state index is 12.4. The third-order valence-corrected chi connectivity index (χ3v) is 4.11. The second-order valence-corrected chi connectivity index (χ2v) is 7.89. The summed E-state index contributed by atoms with van der Waals surface area (Å²) in [5.41, 5.74) is -0.602. The fourth-order valence-electron chi connectivity index (χ4n) is 2.69. The van der Waals surface area contributed by atoms with Crippen LogP contribution in [0.2, 0.25) is 0 Å². The molecule has 0 aromatic heterocycles. The molecule has 0 heterocycles. The molecule has 0 fully saturated rings. The van der Waals surface area contributed by atoms with Crippen molar-refractivity contribution in [3.05, 3.63) is 30.3 Å². The van der Waals surface area contributed by atoms with Crippen LogP contribution in [0.25, 0.3) is 0 Å². The van der Waals surface area contributed by atoms with Crippen molar-refractivity contribution < 1.29 is 23.9 Å². The van der Waals surface area contributed by atoms with Gasteiger partial charge >= 0.3 is 5.97 Å². The molecule has 2 N–H and O–H groups in total. The number of ether oxygens (including phenoxy) is 2. The van der Waals surface area contributed by atoms with E-state index in [1.165, 1.54) is 7.05 Å². The average Bonchev–Trinajstić information content (AvgIpc) is 2.66. The van der Waals surface area contributed by atoms with Crippen molar-refractivity contribution in [2.45, 2.75) is 58.5 Å². The maximum Gasteiger partial charge on any atom is 0.307 e. The summed E-state index contributed by atoms with van der Waals surface area (Å²) in [6, 6.07) is 9.61. The quantitative estimate of drug-likeness (QED) is 0.411. The van der Waals surface area contributed by atoms with E-state index < -0.39 is 17.5 Å². The van der Waals surface area contributed by atoms with E-state index in [4.69, 9.17) is 9.47 Å². The molecular formula is C22H34N2O5. The van der Waals surface area contributed by atoms with Gasteiger partial charge in [-0.15, -0.1) is 0 Å². The minimum Gasteiger partial charge on any atom is -0.494 e. The van der Waals surface area contributed by atoms with E-state index in [1.54, 1.807) is 20.8 Å². The number of rotatable bonds is 12. The maximum atomic E-state index is 12.4. The third kappa shape index (κ3) is 11.8. The van der Waals surface area contributed by atoms with Crippen LogP contribution in [0.5, 0.6) is 5.75 Å². The van der Waals surface area contributed by atoms with Crippen LogP contribution in [0.15, 0.2) is 30.3 Å². The van der Waals surface area contributed by atoms with Gasteiger partial charge in [0.25, 0.3) is 0 Å². The first-order valence-corrected chi connectivity index (χ1v) is 10.1. The SMILES string of the molecule is CNC(=O)CNC(=O)[C@H](CCCCCOc1ccccc1)CC(=O)OC(C)(C)C. The largest absolute Gasteiger partial charge is 0.494 e. The van der Waals surface area contributed by atoms with Crippen LogP contribution in [-0.2, 0) is 19.1 Å². The van der Waals surface area contributed by atoms with Crippen molar-refractivity contribution in [1.82, 2.24) is 10.6 Å². The molecule has 0 aliphatic heterocycles. The molecule has 0 spiro atoms. The monoisotopic (exact) mass is 406 g/mol. The summed E-state index contributed by atoms with van der Waals surface area (Å²) in [6.45, 7) is 5.86. The highest BCUT2D eigenvalue weighted by atomic mass is 16.6. The van der Waals surface area contributed by atoms with Gasteiger partial charge in [-0.2, -0.15) is 0 Å². The van der Waals surface area contributed by atoms with Crippen molar-refractivity contribution in [1.29, 1.82) is 0 Å². The molecule has 0 aliphatic carbocycles. The number of carbonyl (C=O) groups excluding carboxylic acids is 3. The number of nitrogens with one attached hydrogen (secondary N) is 2. The first-order chi connectivity index (χ1) is 13.7. The molecule has 162 valence electrons. The Hall–Kier alpha value is -2.57. The summed E-state index contributed by atoms with van der Waals surface area (Å²) in [4.78, 5) is 36.0. The minimum atomic E-state index is -0.602. The molecule has 7 heteroatoms. The van der Waals surface area contributed by atoms with Gasteiger partial charge in [0, 0.05) is 13.0 Å². The summed E-state index contributed by atoms with van der Waals surface area (Å²) in [7, 11) is 1.50. The molecule has 1 atom stereocenters. The summed E-state index contributed by atoms with van der Waals surface area (Å²) < 4.78 is 11.0. The van der Waals surface area contributed by atoms with Gasteiger partial charge in [-0.25, -0.2) is 0 Å². The first-order valence-electron chi connectivity index (χ1n) is 10.1. The lowest BCUT2D eigenvalue weighted by Gasteiger charge is -2.22. The lowest BCUT2D eigenvalue weighted by atomic mass is 9.96. The zero-order chi connectivity index (χ0) is 21.7. The molecule has 0 saturated carbocycles. The van der Waals surface area contributed by atoms with E-state index in [-0.39, 0.29) is 24.8 Å².